The third kappa shape index (κ3) is 3.29. The van der Waals surface area contributed by atoms with Crippen molar-refractivity contribution in [3.63, 3.8) is 0 Å². The highest BCUT2D eigenvalue weighted by Gasteiger charge is 2.33. The van der Waals surface area contributed by atoms with E-state index in [0.717, 1.165) is 10.9 Å². The molecule has 25 heavy (non-hydrogen) atoms. The fraction of sp³-hybridized carbons (Fsp3) is 0.333. The lowest BCUT2D eigenvalue weighted by molar-refractivity contribution is 0.0736. The number of ether oxygens (including phenoxy) is 1. The molecule has 2 N–H and O–H groups in total. The Balaban J connectivity index is 1.48. The SMILES string of the molecule is Cn1cc(O[C@@H]2CN(Cc3cc4ccccc4[nH]c3=O)C[C@H]2O)cn1. The summed E-state index contributed by atoms with van der Waals surface area (Å²) in [7, 11) is 1.82. The van der Waals surface area contributed by atoms with E-state index in [2.05, 4.69) is 10.1 Å². The van der Waals surface area contributed by atoms with E-state index in [1.165, 1.54) is 0 Å². The van der Waals surface area contributed by atoms with Gasteiger partial charge in [0.1, 0.15) is 12.2 Å². The van der Waals surface area contributed by atoms with Gasteiger partial charge in [0.2, 0.25) is 0 Å². The van der Waals surface area contributed by atoms with Gasteiger partial charge >= 0.3 is 0 Å². The smallest absolute Gasteiger partial charge is 0.252 e. The molecule has 0 radical (unpaired) electrons. The molecule has 1 aromatic carbocycles. The van der Waals surface area contributed by atoms with Crippen molar-refractivity contribution in [2.75, 3.05) is 13.1 Å². The van der Waals surface area contributed by atoms with E-state index >= 15 is 0 Å². The number of aliphatic hydroxyl groups is 1. The lowest BCUT2D eigenvalue weighted by Crippen LogP contribution is -2.30. The fourth-order valence-electron chi connectivity index (χ4n) is 3.26. The minimum atomic E-state index is -0.597. The number of aryl methyl sites for hydroxylation is 1. The molecule has 2 aromatic heterocycles. The highest BCUT2D eigenvalue weighted by Crippen LogP contribution is 2.20. The van der Waals surface area contributed by atoms with Crippen LogP contribution in [0.25, 0.3) is 10.9 Å². The van der Waals surface area contributed by atoms with Crippen molar-refractivity contribution in [1.29, 1.82) is 0 Å². The van der Waals surface area contributed by atoms with Crippen molar-refractivity contribution in [2.24, 2.45) is 7.05 Å². The van der Waals surface area contributed by atoms with Crippen LogP contribution in [0.2, 0.25) is 0 Å². The zero-order valence-corrected chi connectivity index (χ0v) is 13.9. The molecule has 0 aliphatic carbocycles. The predicted molar refractivity (Wildman–Crippen MR) is 93.5 cm³/mol. The minimum Gasteiger partial charge on any atom is -0.483 e. The van der Waals surface area contributed by atoms with Crippen LogP contribution in [-0.4, -0.2) is 50.1 Å². The lowest BCUT2D eigenvalue weighted by atomic mass is 10.1. The number of likely N-dealkylation sites (tertiary alicyclic amines) is 1. The zero-order chi connectivity index (χ0) is 17.4. The number of para-hydroxylation sites is 1. The second kappa shape index (κ2) is 6.34. The summed E-state index contributed by atoms with van der Waals surface area (Å²) in [4.78, 5) is 17.2. The van der Waals surface area contributed by atoms with Gasteiger partial charge in [0, 0.05) is 37.8 Å². The Kier molecular flexibility index (Phi) is 4.03. The Morgan fingerprint density at radius 2 is 2.20 bits per heavy atom. The molecule has 7 heteroatoms. The number of benzene rings is 1. The van der Waals surface area contributed by atoms with Gasteiger partial charge in [-0.3, -0.25) is 14.4 Å². The van der Waals surface area contributed by atoms with Crippen LogP contribution in [-0.2, 0) is 13.6 Å². The van der Waals surface area contributed by atoms with E-state index in [1.807, 2.05) is 42.3 Å². The second-order valence-corrected chi connectivity index (χ2v) is 6.48. The molecular formula is C18H20N4O3. The van der Waals surface area contributed by atoms with Crippen molar-refractivity contribution in [3.8, 4) is 5.75 Å². The first kappa shape index (κ1) is 15.9. The molecule has 3 heterocycles. The van der Waals surface area contributed by atoms with Crippen LogP contribution in [0.3, 0.4) is 0 Å². The van der Waals surface area contributed by atoms with E-state index in [1.54, 1.807) is 17.1 Å². The van der Waals surface area contributed by atoms with E-state index in [0.29, 0.717) is 30.9 Å². The Morgan fingerprint density at radius 1 is 1.36 bits per heavy atom. The standard InChI is InChI=1S/C18H20N4O3/c1-21-9-14(7-19-21)25-17-11-22(10-16(17)23)8-13-6-12-4-2-3-5-15(12)20-18(13)24/h2-7,9,16-17,23H,8,10-11H2,1H3,(H,20,24)/t16-,17-/m1/s1. The number of nitrogens with zero attached hydrogens (tertiary/aromatic N) is 3. The summed E-state index contributed by atoms with van der Waals surface area (Å²) in [5.74, 6) is 0.636. The first-order chi connectivity index (χ1) is 12.1. The van der Waals surface area contributed by atoms with Gasteiger partial charge in [0.15, 0.2) is 5.75 Å². The summed E-state index contributed by atoms with van der Waals surface area (Å²) >= 11 is 0. The topological polar surface area (TPSA) is 83.4 Å². The average molecular weight is 340 g/mol. The maximum Gasteiger partial charge on any atom is 0.252 e. The first-order valence-corrected chi connectivity index (χ1v) is 8.25. The molecule has 2 atom stereocenters. The maximum atomic E-state index is 12.3. The summed E-state index contributed by atoms with van der Waals surface area (Å²) in [5.41, 5.74) is 1.42. The Morgan fingerprint density at radius 3 is 3.00 bits per heavy atom. The number of nitrogens with one attached hydrogen (secondary N) is 1. The molecule has 7 nitrogen and oxygen atoms in total. The van der Waals surface area contributed by atoms with Gasteiger partial charge in [-0.05, 0) is 17.5 Å². The Labute approximate surface area is 144 Å². The van der Waals surface area contributed by atoms with Crippen LogP contribution in [0.1, 0.15) is 5.56 Å². The van der Waals surface area contributed by atoms with Crippen LogP contribution in [0.5, 0.6) is 5.75 Å². The monoisotopic (exact) mass is 340 g/mol. The maximum absolute atomic E-state index is 12.3. The normalized spacial score (nSPS) is 21.0. The molecular weight excluding hydrogens is 320 g/mol. The average Bonchev–Trinajstić information content (AvgIpc) is 3.14. The highest BCUT2D eigenvalue weighted by molar-refractivity contribution is 5.78. The molecule has 0 bridgehead atoms. The third-order valence-electron chi connectivity index (χ3n) is 4.51. The van der Waals surface area contributed by atoms with E-state index in [4.69, 9.17) is 4.74 Å². The van der Waals surface area contributed by atoms with Gasteiger partial charge in [0.25, 0.3) is 5.56 Å². The van der Waals surface area contributed by atoms with E-state index in [-0.39, 0.29) is 11.7 Å². The fourth-order valence-corrected chi connectivity index (χ4v) is 3.26. The molecule has 130 valence electrons. The second-order valence-electron chi connectivity index (χ2n) is 6.48. The van der Waals surface area contributed by atoms with Crippen molar-refractivity contribution < 1.29 is 9.84 Å². The van der Waals surface area contributed by atoms with E-state index < -0.39 is 6.10 Å². The molecule has 1 aliphatic heterocycles. The summed E-state index contributed by atoms with van der Waals surface area (Å²) in [6.07, 6.45) is 2.47. The lowest BCUT2D eigenvalue weighted by Gasteiger charge is -2.16. The molecule has 3 aromatic rings. The summed E-state index contributed by atoms with van der Waals surface area (Å²) < 4.78 is 7.47. The van der Waals surface area contributed by atoms with Gasteiger partial charge in [-0.15, -0.1) is 0 Å². The summed E-state index contributed by atoms with van der Waals surface area (Å²) in [5, 5.41) is 15.3. The number of aromatic nitrogens is 3. The van der Waals surface area contributed by atoms with Gasteiger partial charge in [-0.25, -0.2) is 0 Å². The van der Waals surface area contributed by atoms with Crippen LogP contribution >= 0.6 is 0 Å². The number of H-pyrrole nitrogens is 1. The van der Waals surface area contributed by atoms with Gasteiger partial charge < -0.3 is 14.8 Å². The van der Waals surface area contributed by atoms with E-state index in [9.17, 15) is 9.90 Å². The van der Waals surface area contributed by atoms with Gasteiger partial charge in [-0.2, -0.15) is 5.10 Å². The molecule has 0 saturated carbocycles. The van der Waals surface area contributed by atoms with Crippen LogP contribution < -0.4 is 10.3 Å². The Hall–Kier alpha value is -2.64. The molecule has 1 aliphatic rings. The Bertz CT molecular complexity index is 949. The van der Waals surface area contributed by atoms with Gasteiger partial charge in [0.05, 0.1) is 12.4 Å². The largest absolute Gasteiger partial charge is 0.483 e. The van der Waals surface area contributed by atoms with Crippen molar-refractivity contribution >= 4 is 10.9 Å². The van der Waals surface area contributed by atoms with Crippen molar-refractivity contribution in [3.05, 3.63) is 58.6 Å². The predicted octanol–water partition coefficient (Wildman–Crippen LogP) is 0.886. The highest BCUT2D eigenvalue weighted by atomic mass is 16.5. The van der Waals surface area contributed by atoms with Gasteiger partial charge in [-0.1, -0.05) is 18.2 Å². The number of fused-ring (bicyclic) bond motifs is 1. The first-order valence-electron chi connectivity index (χ1n) is 8.25. The molecule has 4 rings (SSSR count). The number of aromatic amines is 1. The molecule has 1 saturated heterocycles. The van der Waals surface area contributed by atoms with Crippen molar-refractivity contribution in [1.82, 2.24) is 19.7 Å². The quantitative estimate of drug-likeness (QED) is 0.737. The number of hydrogen-bond acceptors (Lipinski definition) is 5. The number of hydrogen-bond donors (Lipinski definition) is 2. The number of pyridine rings is 1. The summed E-state index contributed by atoms with van der Waals surface area (Å²) in [6, 6.07) is 9.62. The number of aliphatic hydroxyl groups excluding tert-OH is 1. The molecule has 1 fully saturated rings. The van der Waals surface area contributed by atoms with Crippen LogP contribution in [0, 0.1) is 0 Å². The van der Waals surface area contributed by atoms with Crippen LogP contribution in [0.4, 0.5) is 0 Å². The molecule has 0 unspecified atom stereocenters. The molecule has 0 spiro atoms. The number of rotatable bonds is 4. The minimum absolute atomic E-state index is 0.0928. The van der Waals surface area contributed by atoms with Crippen LogP contribution in [0.15, 0.2) is 47.5 Å². The zero-order valence-electron chi connectivity index (χ0n) is 13.9. The van der Waals surface area contributed by atoms with Crippen molar-refractivity contribution in [2.45, 2.75) is 18.8 Å². The number of β-amino-alcohol motifs (C(OH)–C–C–N with tert-alkyl or cyclic N) is 1. The molecule has 0 amide bonds. The summed E-state index contributed by atoms with van der Waals surface area (Å²) in [6.45, 7) is 1.50. The third-order valence-corrected chi connectivity index (χ3v) is 4.51.